The van der Waals surface area contributed by atoms with Crippen LogP contribution in [0.3, 0.4) is 0 Å². The Labute approximate surface area is 268 Å². The highest BCUT2D eigenvalue weighted by Gasteiger charge is 2.35. The molecule has 0 saturated carbocycles. The van der Waals surface area contributed by atoms with Crippen LogP contribution in [0.25, 0.3) is 22.3 Å². The van der Waals surface area contributed by atoms with Crippen LogP contribution in [0.4, 0.5) is 0 Å². The van der Waals surface area contributed by atoms with Gasteiger partial charge in [0.1, 0.15) is 0 Å². The number of benzene rings is 4. The summed E-state index contributed by atoms with van der Waals surface area (Å²) < 4.78 is 0. The SMILES string of the molecule is C=C(C)/C(C)=C(/B(c1c(C)c(C)c(-c2ccccc2)c(C)c1C)c1c(C)c(C)c(-c2ccccc2)c(C)c1C)C(C)=C(C)C. The van der Waals surface area contributed by atoms with Crippen molar-refractivity contribution in [2.75, 3.05) is 0 Å². The summed E-state index contributed by atoms with van der Waals surface area (Å²) in [4.78, 5) is 0. The Bertz CT molecular complexity index is 1640. The van der Waals surface area contributed by atoms with Gasteiger partial charge in [0.15, 0.2) is 0 Å². The lowest BCUT2D eigenvalue weighted by Gasteiger charge is -2.33. The third-order valence-electron chi connectivity index (χ3n) is 10.6. The number of hydrogen-bond donors (Lipinski definition) is 0. The second-order valence-electron chi connectivity index (χ2n) is 13.2. The molecule has 0 unspecified atom stereocenters. The summed E-state index contributed by atoms with van der Waals surface area (Å²) in [6.07, 6.45) is 0. The van der Waals surface area contributed by atoms with E-state index in [2.05, 4.69) is 157 Å². The van der Waals surface area contributed by atoms with Crippen molar-refractivity contribution in [3.8, 4) is 22.3 Å². The molecule has 0 fully saturated rings. The first kappa shape index (κ1) is 33.1. The van der Waals surface area contributed by atoms with E-state index in [-0.39, 0.29) is 6.71 Å². The van der Waals surface area contributed by atoms with Crippen molar-refractivity contribution in [1.29, 1.82) is 0 Å². The number of rotatable bonds is 7. The molecule has 0 nitrogen and oxygen atoms in total. The molecule has 4 aromatic rings. The zero-order chi connectivity index (χ0) is 32.6. The third-order valence-corrected chi connectivity index (χ3v) is 10.6. The van der Waals surface area contributed by atoms with Crippen LogP contribution in [-0.4, -0.2) is 6.71 Å². The standard InChI is InChI=1S/C43H51B/c1-25(2)27(5)41(28(6)26(3)4)44(42-33(11)29(7)39(30(8)34(42)12)37-21-17-15-18-22-37)43-35(13)31(9)40(32(10)36(43)14)38-23-19-16-20-24-38/h15-24H,1H2,2-14H3/b41-27+. The Balaban J connectivity index is 2.24. The lowest BCUT2D eigenvalue weighted by Crippen LogP contribution is -2.51. The maximum atomic E-state index is 4.47. The summed E-state index contributed by atoms with van der Waals surface area (Å²) >= 11 is 0. The third kappa shape index (κ3) is 5.70. The van der Waals surface area contributed by atoms with Gasteiger partial charge in [-0.25, -0.2) is 0 Å². The van der Waals surface area contributed by atoms with Crippen LogP contribution in [0.15, 0.2) is 95.0 Å². The van der Waals surface area contributed by atoms with Crippen molar-refractivity contribution in [1.82, 2.24) is 0 Å². The molecule has 44 heavy (non-hydrogen) atoms. The van der Waals surface area contributed by atoms with Gasteiger partial charge in [-0.05, 0) is 135 Å². The molecule has 0 aromatic heterocycles. The largest absolute Gasteiger partial charge is 0.243 e. The summed E-state index contributed by atoms with van der Waals surface area (Å²) in [5.41, 5.74) is 25.7. The van der Waals surface area contributed by atoms with Gasteiger partial charge in [0.2, 0.25) is 6.71 Å². The van der Waals surface area contributed by atoms with Crippen LogP contribution < -0.4 is 10.9 Å². The minimum Gasteiger partial charge on any atom is -0.0959 e. The molecule has 0 N–H and O–H groups in total. The molecule has 0 aliphatic carbocycles. The van der Waals surface area contributed by atoms with Crippen LogP contribution in [-0.2, 0) is 0 Å². The predicted molar refractivity (Wildman–Crippen MR) is 198 cm³/mol. The summed E-state index contributed by atoms with van der Waals surface area (Å²) in [7, 11) is 0. The Kier molecular flexibility index (Phi) is 9.79. The predicted octanol–water partition coefficient (Wildman–Crippen LogP) is 10.9. The first-order chi connectivity index (χ1) is 20.7. The zero-order valence-electron chi connectivity index (χ0n) is 29.6. The highest BCUT2D eigenvalue weighted by Crippen LogP contribution is 2.36. The second kappa shape index (κ2) is 13.0. The van der Waals surface area contributed by atoms with Crippen LogP contribution in [0, 0.1) is 55.4 Å². The lowest BCUT2D eigenvalue weighted by atomic mass is 9.31. The molecule has 0 aliphatic heterocycles. The van der Waals surface area contributed by atoms with Gasteiger partial charge in [-0.2, -0.15) is 0 Å². The van der Waals surface area contributed by atoms with Crippen LogP contribution >= 0.6 is 0 Å². The lowest BCUT2D eigenvalue weighted by molar-refractivity contribution is 1.22. The van der Waals surface area contributed by atoms with Crippen molar-refractivity contribution in [2.45, 2.75) is 90.0 Å². The van der Waals surface area contributed by atoms with Crippen molar-refractivity contribution in [3.05, 3.63) is 140 Å². The van der Waals surface area contributed by atoms with E-state index >= 15 is 0 Å². The zero-order valence-corrected chi connectivity index (χ0v) is 29.6. The van der Waals surface area contributed by atoms with Gasteiger partial charge in [-0.3, -0.25) is 0 Å². The average molecular weight is 579 g/mol. The number of hydrogen-bond acceptors (Lipinski definition) is 0. The minimum atomic E-state index is 0.0750. The first-order valence-corrected chi connectivity index (χ1v) is 16.0. The fourth-order valence-corrected chi connectivity index (χ4v) is 7.27. The van der Waals surface area contributed by atoms with Gasteiger partial charge in [0, 0.05) is 0 Å². The van der Waals surface area contributed by atoms with E-state index in [1.54, 1.807) is 0 Å². The fourth-order valence-electron chi connectivity index (χ4n) is 7.27. The van der Waals surface area contributed by atoms with Crippen molar-refractivity contribution in [3.63, 3.8) is 0 Å². The maximum Gasteiger partial charge on any atom is 0.243 e. The molecule has 0 heterocycles. The van der Waals surface area contributed by atoms with E-state index in [1.165, 1.54) is 99.9 Å². The molecule has 0 saturated heterocycles. The molecule has 1 heteroatoms. The molecule has 226 valence electrons. The summed E-state index contributed by atoms with van der Waals surface area (Å²) in [5, 5.41) is 0. The van der Waals surface area contributed by atoms with E-state index in [4.69, 9.17) is 0 Å². The van der Waals surface area contributed by atoms with Gasteiger partial charge in [-0.15, -0.1) is 0 Å². The molecular weight excluding hydrogens is 527 g/mol. The smallest absolute Gasteiger partial charge is 0.0959 e. The Morgan fingerprint density at radius 1 is 0.455 bits per heavy atom. The average Bonchev–Trinajstić information content (AvgIpc) is 3.00. The molecule has 0 aliphatic rings. The van der Waals surface area contributed by atoms with E-state index in [0.717, 1.165) is 5.57 Å². The van der Waals surface area contributed by atoms with E-state index in [9.17, 15) is 0 Å². The van der Waals surface area contributed by atoms with Gasteiger partial charge < -0.3 is 0 Å². The monoisotopic (exact) mass is 578 g/mol. The number of allylic oxidation sites excluding steroid dienone is 5. The summed E-state index contributed by atoms with van der Waals surface area (Å²) in [5.74, 6) is 0. The van der Waals surface area contributed by atoms with Crippen molar-refractivity contribution < 1.29 is 0 Å². The van der Waals surface area contributed by atoms with Crippen LogP contribution in [0.1, 0.15) is 79.1 Å². The van der Waals surface area contributed by atoms with Gasteiger partial charge >= 0.3 is 0 Å². The Morgan fingerprint density at radius 2 is 0.773 bits per heavy atom. The second-order valence-corrected chi connectivity index (χ2v) is 13.2. The highest BCUT2D eigenvalue weighted by molar-refractivity contribution is 6.93. The van der Waals surface area contributed by atoms with E-state index in [0.29, 0.717) is 0 Å². The molecule has 0 spiro atoms. The molecule has 0 radical (unpaired) electrons. The molecule has 4 aromatic carbocycles. The molecule has 4 rings (SSSR count). The van der Waals surface area contributed by atoms with Crippen LogP contribution in [0.2, 0.25) is 0 Å². The topological polar surface area (TPSA) is 0 Å². The van der Waals surface area contributed by atoms with Crippen molar-refractivity contribution >= 4 is 17.6 Å². The molecule has 0 atom stereocenters. The van der Waals surface area contributed by atoms with Gasteiger partial charge in [0.25, 0.3) is 0 Å². The fraction of sp³-hybridized carbons (Fsp3) is 0.302. The van der Waals surface area contributed by atoms with Gasteiger partial charge in [-0.1, -0.05) is 128 Å². The summed E-state index contributed by atoms with van der Waals surface area (Å²) in [6.45, 7) is 34.5. The molecule has 0 bridgehead atoms. The van der Waals surface area contributed by atoms with Gasteiger partial charge in [0.05, 0.1) is 0 Å². The maximum absolute atomic E-state index is 4.47. The highest BCUT2D eigenvalue weighted by atomic mass is 14.2. The molecule has 0 amide bonds. The van der Waals surface area contributed by atoms with E-state index < -0.39 is 0 Å². The van der Waals surface area contributed by atoms with E-state index in [1.807, 2.05) is 0 Å². The summed E-state index contributed by atoms with van der Waals surface area (Å²) in [6, 6.07) is 21.8. The van der Waals surface area contributed by atoms with Crippen LogP contribution in [0.5, 0.6) is 0 Å². The van der Waals surface area contributed by atoms with Crippen molar-refractivity contribution in [2.24, 2.45) is 0 Å². The Morgan fingerprint density at radius 3 is 1.05 bits per heavy atom. The first-order valence-electron chi connectivity index (χ1n) is 16.0. The Hall–Kier alpha value is -3.84. The minimum absolute atomic E-state index is 0.0750. The normalized spacial score (nSPS) is 11.8. The molecular formula is C43H51B. The quantitative estimate of drug-likeness (QED) is 0.151.